The van der Waals surface area contributed by atoms with Crippen LogP contribution in [0.4, 0.5) is 15.9 Å². The van der Waals surface area contributed by atoms with Gasteiger partial charge >= 0.3 is 0 Å². The summed E-state index contributed by atoms with van der Waals surface area (Å²) >= 11 is 5.88. The van der Waals surface area contributed by atoms with Gasteiger partial charge in [-0.05, 0) is 31.2 Å². The van der Waals surface area contributed by atoms with Crippen LogP contribution < -0.4 is 10.1 Å². The molecule has 1 saturated heterocycles. The number of amides is 1. The molecule has 8 nitrogen and oxygen atoms in total. The summed E-state index contributed by atoms with van der Waals surface area (Å²) in [5.41, 5.74) is 1.67. The number of nitrogens with one attached hydrogen (secondary N) is 1. The molecular weight excluding hydrogens is 451 g/mol. The second-order valence-electron chi connectivity index (χ2n) is 7.39. The number of ether oxygens (including phenoxy) is 2. The van der Waals surface area contributed by atoms with Crippen LogP contribution in [-0.4, -0.2) is 59.5 Å². The van der Waals surface area contributed by atoms with E-state index in [9.17, 15) is 14.0 Å². The van der Waals surface area contributed by atoms with Gasteiger partial charge in [-0.3, -0.25) is 9.59 Å². The maximum absolute atomic E-state index is 13.5. The van der Waals surface area contributed by atoms with Crippen LogP contribution in [0, 0.1) is 5.82 Å². The molecule has 0 unspecified atom stereocenters. The number of hydrogen-bond donors (Lipinski definition) is 1. The Hall–Kier alpha value is -3.30. The molecular formula is C23H22ClFN4O4. The number of hydrogen-bond acceptors (Lipinski definition) is 7. The van der Waals surface area contributed by atoms with Crippen molar-refractivity contribution in [2.45, 2.75) is 13.3 Å². The van der Waals surface area contributed by atoms with E-state index in [-0.39, 0.29) is 11.4 Å². The summed E-state index contributed by atoms with van der Waals surface area (Å²) in [4.78, 5) is 35.4. The van der Waals surface area contributed by atoms with E-state index < -0.39 is 17.5 Å². The zero-order chi connectivity index (χ0) is 23.4. The van der Waals surface area contributed by atoms with Crippen LogP contribution in [-0.2, 0) is 20.7 Å². The molecule has 1 aliphatic heterocycles. The third-order valence-electron chi connectivity index (χ3n) is 5.19. The first-order valence-electron chi connectivity index (χ1n) is 10.5. The van der Waals surface area contributed by atoms with Gasteiger partial charge in [0.05, 0.1) is 30.4 Å². The van der Waals surface area contributed by atoms with Crippen molar-refractivity contribution in [1.29, 1.82) is 0 Å². The lowest BCUT2D eigenvalue weighted by molar-refractivity contribution is -0.147. The molecule has 1 aromatic heterocycles. The number of rotatable bonds is 7. The lowest BCUT2D eigenvalue weighted by Crippen LogP contribution is -2.44. The number of anilines is 2. The predicted octanol–water partition coefficient (Wildman–Crippen LogP) is 3.54. The Kier molecular flexibility index (Phi) is 7.00. The van der Waals surface area contributed by atoms with E-state index in [1.54, 1.807) is 12.1 Å². The van der Waals surface area contributed by atoms with E-state index >= 15 is 0 Å². The van der Waals surface area contributed by atoms with Crippen molar-refractivity contribution in [3.8, 4) is 5.75 Å². The maximum atomic E-state index is 13.5. The summed E-state index contributed by atoms with van der Waals surface area (Å²) in [6.07, 6.45) is 1.26. The highest BCUT2D eigenvalue weighted by Gasteiger charge is 2.25. The second kappa shape index (κ2) is 10.1. The van der Waals surface area contributed by atoms with Crippen LogP contribution in [0.25, 0.3) is 10.9 Å². The number of ketones is 1. The fraction of sp³-hybridized carbons (Fsp3) is 0.304. The van der Waals surface area contributed by atoms with E-state index in [2.05, 4.69) is 15.3 Å². The standard InChI is InChI=1S/C23H22ClFN4O4/c1-2-33-21-12-19-16(9-14(21)10-20(30)23(31)29-5-7-32-8-6-29)22(27-13-26-19)28-15-3-4-18(25)17(24)11-15/h3-4,9,11-13H,2,5-8,10H2,1H3,(H,26,27,28). The fourth-order valence-corrected chi connectivity index (χ4v) is 3.74. The molecule has 33 heavy (non-hydrogen) atoms. The first-order valence-corrected chi connectivity index (χ1v) is 10.9. The molecule has 1 aliphatic rings. The molecule has 1 fully saturated rings. The van der Waals surface area contributed by atoms with Crippen LogP contribution in [0.2, 0.25) is 5.02 Å². The van der Waals surface area contributed by atoms with Crippen molar-refractivity contribution in [2.75, 3.05) is 38.2 Å². The van der Waals surface area contributed by atoms with Gasteiger partial charge in [0, 0.05) is 42.2 Å². The van der Waals surface area contributed by atoms with Crippen LogP contribution in [0.3, 0.4) is 0 Å². The monoisotopic (exact) mass is 472 g/mol. The van der Waals surface area contributed by atoms with Gasteiger partial charge in [0.25, 0.3) is 5.91 Å². The molecule has 0 spiro atoms. The molecule has 1 amide bonds. The molecule has 0 saturated carbocycles. The van der Waals surface area contributed by atoms with E-state index in [1.165, 1.54) is 29.4 Å². The van der Waals surface area contributed by atoms with Gasteiger partial charge < -0.3 is 19.7 Å². The number of halogens is 2. The van der Waals surface area contributed by atoms with E-state index in [4.69, 9.17) is 21.1 Å². The smallest absolute Gasteiger partial charge is 0.290 e. The highest BCUT2D eigenvalue weighted by molar-refractivity contribution is 6.36. The number of aromatic nitrogens is 2. The molecule has 3 aromatic rings. The van der Waals surface area contributed by atoms with Crippen molar-refractivity contribution < 1.29 is 23.5 Å². The summed E-state index contributed by atoms with van der Waals surface area (Å²) in [6, 6.07) is 7.69. The normalized spacial score (nSPS) is 13.7. The van der Waals surface area contributed by atoms with Crippen molar-refractivity contribution in [2.24, 2.45) is 0 Å². The van der Waals surface area contributed by atoms with Gasteiger partial charge in [0.2, 0.25) is 5.78 Å². The second-order valence-corrected chi connectivity index (χ2v) is 7.80. The third kappa shape index (κ3) is 5.20. The lowest BCUT2D eigenvalue weighted by atomic mass is 10.0. The van der Waals surface area contributed by atoms with Crippen molar-refractivity contribution in [3.63, 3.8) is 0 Å². The SMILES string of the molecule is CCOc1cc2ncnc(Nc3ccc(F)c(Cl)c3)c2cc1CC(=O)C(=O)N1CCOCC1. The first kappa shape index (κ1) is 22.9. The van der Waals surface area contributed by atoms with Crippen LogP contribution in [0.15, 0.2) is 36.7 Å². The summed E-state index contributed by atoms with van der Waals surface area (Å²) in [5.74, 6) is -0.679. The molecule has 0 atom stereocenters. The molecule has 2 aromatic carbocycles. The van der Waals surface area contributed by atoms with Crippen molar-refractivity contribution in [3.05, 3.63) is 53.1 Å². The molecule has 1 N–H and O–H groups in total. The van der Waals surface area contributed by atoms with E-state index in [0.717, 1.165) is 0 Å². The van der Waals surface area contributed by atoms with E-state index in [1.807, 2.05) is 6.92 Å². The average Bonchev–Trinajstić information content (AvgIpc) is 2.82. The van der Waals surface area contributed by atoms with E-state index in [0.29, 0.717) is 66.6 Å². The zero-order valence-electron chi connectivity index (χ0n) is 17.9. The summed E-state index contributed by atoms with van der Waals surface area (Å²) in [5, 5.41) is 3.70. The number of Topliss-reactive ketones (excluding diaryl/α,β-unsaturated/α-hetero) is 1. The predicted molar refractivity (Wildman–Crippen MR) is 122 cm³/mol. The van der Waals surface area contributed by atoms with Crippen LogP contribution in [0.1, 0.15) is 12.5 Å². The molecule has 172 valence electrons. The maximum Gasteiger partial charge on any atom is 0.290 e. The number of carbonyl (C=O) groups excluding carboxylic acids is 2. The van der Waals surface area contributed by atoms with Gasteiger partial charge in [-0.15, -0.1) is 0 Å². The number of morpholine rings is 1. The largest absolute Gasteiger partial charge is 0.494 e. The Labute approximate surface area is 194 Å². The first-order chi connectivity index (χ1) is 16.0. The summed E-state index contributed by atoms with van der Waals surface area (Å²) < 4.78 is 24.5. The minimum atomic E-state index is -0.538. The third-order valence-corrected chi connectivity index (χ3v) is 5.48. The Morgan fingerprint density at radius 3 is 2.73 bits per heavy atom. The molecule has 0 bridgehead atoms. The number of fused-ring (bicyclic) bond motifs is 1. The minimum absolute atomic E-state index is 0.0232. The summed E-state index contributed by atoms with van der Waals surface area (Å²) in [6.45, 7) is 3.83. The summed E-state index contributed by atoms with van der Waals surface area (Å²) in [7, 11) is 0. The number of carbonyl (C=O) groups is 2. The van der Waals surface area contributed by atoms with Gasteiger partial charge in [-0.1, -0.05) is 11.6 Å². The highest BCUT2D eigenvalue weighted by atomic mass is 35.5. The Morgan fingerprint density at radius 2 is 2.00 bits per heavy atom. The molecule has 2 heterocycles. The average molecular weight is 473 g/mol. The number of nitrogens with zero attached hydrogens (tertiary/aromatic N) is 3. The van der Waals surface area contributed by atoms with Crippen molar-refractivity contribution in [1.82, 2.24) is 14.9 Å². The van der Waals surface area contributed by atoms with Gasteiger partial charge in [-0.2, -0.15) is 0 Å². The molecule has 0 aliphatic carbocycles. The quantitative estimate of drug-likeness (QED) is 0.526. The fourth-order valence-electron chi connectivity index (χ4n) is 3.56. The molecule has 10 heteroatoms. The molecule has 0 radical (unpaired) electrons. The zero-order valence-corrected chi connectivity index (χ0v) is 18.7. The van der Waals surface area contributed by atoms with Crippen molar-refractivity contribution >= 4 is 45.7 Å². The minimum Gasteiger partial charge on any atom is -0.494 e. The van der Waals surface area contributed by atoms with Gasteiger partial charge in [0.1, 0.15) is 23.7 Å². The Balaban J connectivity index is 1.66. The van der Waals surface area contributed by atoms with Gasteiger partial charge in [-0.25, -0.2) is 14.4 Å². The Morgan fingerprint density at radius 1 is 1.21 bits per heavy atom. The topological polar surface area (TPSA) is 93.7 Å². The van der Waals surface area contributed by atoms with Gasteiger partial charge in [0.15, 0.2) is 0 Å². The van der Waals surface area contributed by atoms with Crippen LogP contribution >= 0.6 is 11.6 Å². The number of benzene rings is 2. The highest BCUT2D eigenvalue weighted by Crippen LogP contribution is 2.31. The Bertz CT molecular complexity index is 1200. The van der Waals surface area contributed by atoms with Crippen LogP contribution in [0.5, 0.6) is 5.75 Å². The lowest BCUT2D eigenvalue weighted by Gasteiger charge is -2.26. The molecule has 4 rings (SSSR count).